The molecule has 3 aliphatic rings. The average Bonchev–Trinajstić information content (AvgIpc) is 3.44. The average molecular weight is 475 g/mol. The molecule has 3 N–H and O–H groups in total. The van der Waals surface area contributed by atoms with Crippen LogP contribution in [0.3, 0.4) is 0 Å². The summed E-state index contributed by atoms with van der Waals surface area (Å²) in [7, 11) is -3.17. The van der Waals surface area contributed by atoms with Crippen LogP contribution in [-0.2, 0) is 29.1 Å². The van der Waals surface area contributed by atoms with E-state index in [1.165, 1.54) is 0 Å². The molecule has 32 heavy (non-hydrogen) atoms. The number of nitrogens with one attached hydrogen (secondary N) is 1. The molecule has 6 atom stereocenters. The Morgan fingerprint density at radius 3 is 1.81 bits per heavy atom. The van der Waals surface area contributed by atoms with Gasteiger partial charge in [0.05, 0.1) is 30.3 Å². The maximum absolute atomic E-state index is 11.9. The minimum absolute atomic E-state index is 0.0534. The van der Waals surface area contributed by atoms with Gasteiger partial charge in [-0.2, -0.15) is 0 Å². The SMILES string of the molecule is CCOC(=O)C1CC(N)CC1CC.CCOC(=O)[C@H]1C[C@@H](NS(=O)(=O)C2CC2)C[C@H]1CC. The summed E-state index contributed by atoms with van der Waals surface area (Å²) in [6, 6.07) is 0.0873. The normalized spacial score (nSPS) is 32.2. The fraction of sp³-hybridized carbons (Fsp3) is 0.913. The summed E-state index contributed by atoms with van der Waals surface area (Å²) in [4.78, 5) is 23.4. The van der Waals surface area contributed by atoms with Gasteiger partial charge in [-0.1, -0.05) is 26.7 Å². The molecule has 0 aromatic heterocycles. The number of nitrogens with two attached hydrogens (primary N) is 1. The van der Waals surface area contributed by atoms with E-state index in [2.05, 4.69) is 11.6 Å². The lowest BCUT2D eigenvalue weighted by atomic mass is 9.94. The van der Waals surface area contributed by atoms with Crippen molar-refractivity contribution < 1.29 is 27.5 Å². The van der Waals surface area contributed by atoms with Gasteiger partial charge in [0, 0.05) is 12.1 Å². The van der Waals surface area contributed by atoms with Gasteiger partial charge in [-0.25, -0.2) is 13.1 Å². The molecule has 3 saturated carbocycles. The highest BCUT2D eigenvalue weighted by Crippen LogP contribution is 2.37. The molecule has 0 amide bonds. The summed E-state index contributed by atoms with van der Waals surface area (Å²) in [5.74, 6) is 0.335. The van der Waals surface area contributed by atoms with E-state index in [1.807, 2.05) is 13.8 Å². The molecular weight excluding hydrogens is 432 g/mol. The van der Waals surface area contributed by atoms with Gasteiger partial charge in [-0.3, -0.25) is 9.59 Å². The maximum Gasteiger partial charge on any atom is 0.309 e. The van der Waals surface area contributed by atoms with Crippen LogP contribution in [0.25, 0.3) is 0 Å². The number of ether oxygens (including phenoxy) is 2. The van der Waals surface area contributed by atoms with Crippen molar-refractivity contribution in [1.82, 2.24) is 4.72 Å². The molecule has 0 radical (unpaired) electrons. The zero-order chi connectivity index (χ0) is 23.9. The van der Waals surface area contributed by atoms with Crippen LogP contribution in [-0.4, -0.2) is 50.9 Å². The van der Waals surface area contributed by atoms with Crippen LogP contribution in [0.1, 0.15) is 79.1 Å². The van der Waals surface area contributed by atoms with E-state index in [1.54, 1.807) is 6.92 Å². The molecule has 0 aliphatic heterocycles. The third-order valence-electron chi connectivity index (χ3n) is 6.95. The van der Waals surface area contributed by atoms with Gasteiger partial charge in [0.1, 0.15) is 0 Å². The second-order valence-corrected chi connectivity index (χ2v) is 11.3. The van der Waals surface area contributed by atoms with Gasteiger partial charge in [0.15, 0.2) is 0 Å². The molecule has 8 nitrogen and oxygen atoms in total. The Labute approximate surface area is 193 Å². The fourth-order valence-corrected chi connectivity index (χ4v) is 6.68. The summed E-state index contributed by atoms with van der Waals surface area (Å²) < 4.78 is 36.7. The molecule has 0 bridgehead atoms. The van der Waals surface area contributed by atoms with Crippen molar-refractivity contribution in [2.24, 2.45) is 29.4 Å². The van der Waals surface area contributed by atoms with Gasteiger partial charge < -0.3 is 15.2 Å². The molecule has 9 heteroatoms. The van der Waals surface area contributed by atoms with Crippen molar-refractivity contribution in [3.05, 3.63) is 0 Å². The molecule has 3 aliphatic carbocycles. The maximum atomic E-state index is 11.9. The van der Waals surface area contributed by atoms with Crippen LogP contribution in [0.4, 0.5) is 0 Å². The van der Waals surface area contributed by atoms with Gasteiger partial charge in [0.2, 0.25) is 10.0 Å². The quantitative estimate of drug-likeness (QED) is 0.492. The van der Waals surface area contributed by atoms with Crippen LogP contribution < -0.4 is 10.5 Å². The minimum Gasteiger partial charge on any atom is -0.466 e. The van der Waals surface area contributed by atoms with Crippen molar-refractivity contribution in [3.63, 3.8) is 0 Å². The molecule has 0 spiro atoms. The van der Waals surface area contributed by atoms with Crippen LogP contribution >= 0.6 is 0 Å². The molecule has 0 heterocycles. The lowest BCUT2D eigenvalue weighted by molar-refractivity contribution is -0.150. The van der Waals surface area contributed by atoms with E-state index < -0.39 is 10.0 Å². The first kappa shape index (κ1) is 27.1. The summed E-state index contributed by atoms with van der Waals surface area (Å²) in [5.41, 5.74) is 5.82. The largest absolute Gasteiger partial charge is 0.466 e. The molecule has 0 saturated heterocycles. The van der Waals surface area contributed by atoms with Gasteiger partial charge in [0.25, 0.3) is 0 Å². The minimum atomic E-state index is -3.17. The van der Waals surface area contributed by atoms with Gasteiger partial charge in [-0.15, -0.1) is 0 Å². The second-order valence-electron chi connectivity index (χ2n) is 9.32. The molecule has 3 unspecified atom stereocenters. The Balaban J connectivity index is 0.000000244. The highest BCUT2D eigenvalue weighted by atomic mass is 32.2. The summed E-state index contributed by atoms with van der Waals surface area (Å²) in [6.45, 7) is 8.63. The van der Waals surface area contributed by atoms with E-state index in [-0.39, 0.29) is 47.0 Å². The molecule has 3 rings (SSSR count). The number of carbonyl (C=O) groups is 2. The monoisotopic (exact) mass is 474 g/mol. The first-order valence-corrected chi connectivity index (χ1v) is 13.8. The van der Waals surface area contributed by atoms with Crippen molar-refractivity contribution >= 4 is 22.0 Å². The molecule has 0 aromatic carbocycles. The highest BCUT2D eigenvalue weighted by Gasteiger charge is 2.43. The summed E-state index contributed by atoms with van der Waals surface area (Å²) >= 11 is 0. The Morgan fingerprint density at radius 1 is 0.844 bits per heavy atom. The summed E-state index contributed by atoms with van der Waals surface area (Å²) in [5, 5.41) is -0.200. The fourth-order valence-electron chi connectivity index (χ4n) is 5.07. The first-order valence-electron chi connectivity index (χ1n) is 12.3. The number of hydrogen-bond donors (Lipinski definition) is 2. The number of rotatable bonds is 9. The zero-order valence-corrected chi connectivity index (χ0v) is 20.9. The number of esters is 2. The third kappa shape index (κ3) is 7.42. The number of carbonyl (C=O) groups excluding carboxylic acids is 2. The molecule has 0 aromatic rings. The highest BCUT2D eigenvalue weighted by molar-refractivity contribution is 7.90. The lowest BCUT2D eigenvalue weighted by Gasteiger charge is -2.15. The van der Waals surface area contributed by atoms with Gasteiger partial charge >= 0.3 is 11.9 Å². The third-order valence-corrected chi connectivity index (χ3v) is 8.96. The zero-order valence-electron chi connectivity index (χ0n) is 20.0. The van der Waals surface area contributed by atoms with Crippen molar-refractivity contribution in [2.45, 2.75) is 96.4 Å². The molecular formula is C23H42N2O6S. The Morgan fingerprint density at radius 2 is 1.34 bits per heavy atom. The van der Waals surface area contributed by atoms with Gasteiger partial charge in [-0.05, 0) is 64.2 Å². The smallest absolute Gasteiger partial charge is 0.309 e. The summed E-state index contributed by atoms with van der Waals surface area (Å²) in [6.07, 6.45) is 6.52. The lowest BCUT2D eigenvalue weighted by Crippen LogP contribution is -2.35. The van der Waals surface area contributed by atoms with Crippen LogP contribution in [0.15, 0.2) is 0 Å². The van der Waals surface area contributed by atoms with Crippen molar-refractivity contribution in [1.29, 1.82) is 0 Å². The van der Waals surface area contributed by atoms with Crippen LogP contribution in [0, 0.1) is 23.7 Å². The Hall–Kier alpha value is -1.19. The first-order chi connectivity index (χ1) is 15.2. The second kappa shape index (κ2) is 12.3. The standard InChI is InChI=1S/C13H23NO4S.C10H19NO2/c1-3-9-7-10(8-12(9)13(15)18-4-2)14-19(16,17)11-5-6-11;1-3-7-5-8(11)6-9(7)10(12)13-4-2/h9-12,14H,3-8H2,1-2H3;7-9H,3-6,11H2,1-2H3/t9-,10+,12+;/m1./s1. The van der Waals surface area contributed by atoms with E-state index >= 15 is 0 Å². The van der Waals surface area contributed by atoms with Crippen molar-refractivity contribution in [2.75, 3.05) is 13.2 Å². The van der Waals surface area contributed by atoms with Crippen LogP contribution in [0.2, 0.25) is 0 Å². The van der Waals surface area contributed by atoms with E-state index in [0.717, 1.165) is 44.9 Å². The van der Waals surface area contributed by atoms with Crippen molar-refractivity contribution in [3.8, 4) is 0 Å². The molecule has 186 valence electrons. The predicted molar refractivity (Wildman–Crippen MR) is 123 cm³/mol. The number of sulfonamides is 1. The predicted octanol–water partition coefficient (Wildman–Crippen LogP) is 2.75. The topological polar surface area (TPSA) is 125 Å². The van der Waals surface area contributed by atoms with E-state index in [0.29, 0.717) is 25.6 Å². The van der Waals surface area contributed by atoms with E-state index in [4.69, 9.17) is 15.2 Å². The molecule has 3 fully saturated rings. The van der Waals surface area contributed by atoms with Crippen LogP contribution in [0.5, 0.6) is 0 Å². The Kier molecular flexibility index (Phi) is 10.4. The van der Waals surface area contributed by atoms with E-state index in [9.17, 15) is 18.0 Å². The Bertz CT molecular complexity index is 724. The number of hydrogen-bond acceptors (Lipinski definition) is 7.